The molecule has 0 spiro atoms. The maximum atomic E-state index is 15.8. The van der Waals surface area contributed by atoms with Gasteiger partial charge in [0.05, 0.1) is 18.3 Å². The van der Waals surface area contributed by atoms with Crippen molar-refractivity contribution < 1.29 is 36.9 Å². The van der Waals surface area contributed by atoms with E-state index in [2.05, 4.69) is 5.32 Å². The van der Waals surface area contributed by atoms with Crippen LogP contribution in [-0.4, -0.2) is 90.9 Å². The second-order valence-electron chi connectivity index (χ2n) is 10.1. The SMILES string of the molecule is C[C@@H]1Cc2c(ccc3c2OC(O)N3)[C@@H](c2c(F)cc(N3CCN(CCF)CC3)cc2F)N1CC(F)(F)CO. The summed E-state index contributed by atoms with van der Waals surface area (Å²) in [7, 11) is 0. The first kappa shape index (κ1) is 26.9. The van der Waals surface area contributed by atoms with Crippen molar-refractivity contribution in [1.29, 1.82) is 0 Å². The van der Waals surface area contributed by atoms with Gasteiger partial charge in [0, 0.05) is 55.6 Å². The van der Waals surface area contributed by atoms with Gasteiger partial charge in [0.15, 0.2) is 5.75 Å². The van der Waals surface area contributed by atoms with Crippen molar-refractivity contribution in [3.63, 3.8) is 0 Å². The number of fused-ring (bicyclic) bond motifs is 3. The predicted molar refractivity (Wildman–Crippen MR) is 131 cm³/mol. The Morgan fingerprint density at radius 3 is 2.42 bits per heavy atom. The number of aliphatic hydroxyl groups is 2. The molecule has 1 fully saturated rings. The molecule has 0 aromatic heterocycles. The average molecular weight is 543 g/mol. The van der Waals surface area contributed by atoms with Crippen molar-refractivity contribution in [3.05, 3.63) is 52.6 Å². The first-order valence-electron chi connectivity index (χ1n) is 12.7. The molecule has 1 unspecified atom stereocenters. The molecule has 0 amide bonds. The third-order valence-corrected chi connectivity index (χ3v) is 7.62. The number of anilines is 2. The van der Waals surface area contributed by atoms with Crippen LogP contribution in [0.4, 0.5) is 33.3 Å². The number of halogens is 5. The van der Waals surface area contributed by atoms with Gasteiger partial charge in [0.2, 0.25) is 0 Å². The van der Waals surface area contributed by atoms with Crippen LogP contribution in [0.3, 0.4) is 0 Å². The molecular formula is C26H31F5N4O3. The van der Waals surface area contributed by atoms with E-state index in [4.69, 9.17) is 4.74 Å². The molecule has 3 N–H and O–H groups in total. The van der Waals surface area contributed by atoms with Gasteiger partial charge < -0.3 is 25.2 Å². The van der Waals surface area contributed by atoms with Gasteiger partial charge in [-0.3, -0.25) is 9.80 Å². The van der Waals surface area contributed by atoms with E-state index in [0.29, 0.717) is 61.0 Å². The number of nitrogens with one attached hydrogen (secondary N) is 1. The zero-order valence-electron chi connectivity index (χ0n) is 20.9. The molecule has 0 bridgehead atoms. The Labute approximate surface area is 217 Å². The zero-order valence-corrected chi connectivity index (χ0v) is 20.9. The molecule has 3 aliphatic heterocycles. The second-order valence-corrected chi connectivity index (χ2v) is 10.1. The molecule has 208 valence electrons. The summed E-state index contributed by atoms with van der Waals surface area (Å²) in [6.07, 6.45) is -1.06. The monoisotopic (exact) mass is 542 g/mol. The largest absolute Gasteiger partial charge is 0.444 e. The fraction of sp³-hybridized carbons (Fsp3) is 0.538. The number of aliphatic hydroxyl groups excluding tert-OH is 2. The summed E-state index contributed by atoms with van der Waals surface area (Å²) in [6, 6.07) is 3.77. The number of benzene rings is 2. The molecule has 0 saturated carbocycles. The lowest BCUT2D eigenvalue weighted by Gasteiger charge is -2.44. The van der Waals surface area contributed by atoms with E-state index in [1.807, 2.05) is 9.80 Å². The van der Waals surface area contributed by atoms with Gasteiger partial charge in [-0.1, -0.05) is 6.07 Å². The van der Waals surface area contributed by atoms with E-state index in [-0.39, 0.29) is 12.0 Å². The van der Waals surface area contributed by atoms with Gasteiger partial charge in [-0.05, 0) is 37.1 Å². The molecule has 7 nitrogen and oxygen atoms in total. The van der Waals surface area contributed by atoms with Gasteiger partial charge >= 0.3 is 0 Å². The van der Waals surface area contributed by atoms with Crippen LogP contribution in [0, 0.1) is 11.6 Å². The fourth-order valence-electron chi connectivity index (χ4n) is 5.73. The van der Waals surface area contributed by atoms with Crippen molar-refractivity contribution in [1.82, 2.24) is 9.80 Å². The minimum Gasteiger partial charge on any atom is -0.444 e. The Morgan fingerprint density at radius 2 is 1.79 bits per heavy atom. The third kappa shape index (κ3) is 5.02. The Morgan fingerprint density at radius 1 is 1.11 bits per heavy atom. The molecule has 38 heavy (non-hydrogen) atoms. The van der Waals surface area contributed by atoms with E-state index in [9.17, 15) is 23.4 Å². The average Bonchev–Trinajstić information content (AvgIpc) is 3.26. The van der Waals surface area contributed by atoms with Crippen LogP contribution < -0.4 is 15.0 Å². The highest BCUT2D eigenvalue weighted by Gasteiger charge is 2.44. The maximum Gasteiger partial charge on any atom is 0.283 e. The highest BCUT2D eigenvalue weighted by atomic mass is 19.3. The minimum absolute atomic E-state index is 0.232. The first-order valence-corrected chi connectivity index (χ1v) is 12.7. The Hall–Kier alpha value is -2.67. The van der Waals surface area contributed by atoms with Crippen LogP contribution in [0.2, 0.25) is 0 Å². The number of hydrogen-bond donors (Lipinski definition) is 3. The second kappa shape index (κ2) is 10.5. The van der Waals surface area contributed by atoms with Crippen LogP contribution in [-0.2, 0) is 6.42 Å². The van der Waals surface area contributed by atoms with Crippen molar-refractivity contribution in [3.8, 4) is 5.75 Å². The summed E-state index contributed by atoms with van der Waals surface area (Å²) >= 11 is 0. The van der Waals surface area contributed by atoms with E-state index >= 15 is 8.78 Å². The van der Waals surface area contributed by atoms with Crippen LogP contribution in [0.1, 0.15) is 29.7 Å². The lowest BCUT2D eigenvalue weighted by atomic mass is 9.83. The van der Waals surface area contributed by atoms with E-state index in [0.717, 1.165) is 0 Å². The van der Waals surface area contributed by atoms with Gasteiger partial charge in [-0.2, -0.15) is 0 Å². The zero-order chi connectivity index (χ0) is 27.2. The molecule has 1 saturated heterocycles. The molecule has 0 radical (unpaired) electrons. The van der Waals surface area contributed by atoms with Gasteiger partial charge in [-0.15, -0.1) is 0 Å². The van der Waals surface area contributed by atoms with Crippen LogP contribution >= 0.6 is 0 Å². The van der Waals surface area contributed by atoms with E-state index in [1.54, 1.807) is 19.1 Å². The molecule has 3 heterocycles. The molecule has 5 rings (SSSR count). The maximum absolute atomic E-state index is 15.8. The Kier molecular flexibility index (Phi) is 7.42. The smallest absolute Gasteiger partial charge is 0.283 e. The lowest BCUT2D eigenvalue weighted by molar-refractivity contribution is -0.0868. The normalized spacial score (nSPS) is 24.1. The Bertz CT molecular complexity index is 1150. The van der Waals surface area contributed by atoms with Crippen LogP contribution in [0.25, 0.3) is 0 Å². The fourth-order valence-corrected chi connectivity index (χ4v) is 5.73. The van der Waals surface area contributed by atoms with E-state index < -0.39 is 55.9 Å². The molecule has 0 aliphatic carbocycles. The van der Waals surface area contributed by atoms with Crippen LogP contribution in [0.15, 0.2) is 24.3 Å². The quantitative estimate of drug-likeness (QED) is 0.465. The van der Waals surface area contributed by atoms with Crippen molar-refractivity contribution in [2.75, 3.05) is 62.8 Å². The standard InChI is InChI=1S/C26H31F5N4O3/c1-15-10-18-17(2-3-21-24(18)38-25(37)32-21)23(35(15)13-26(30,31)14-36)22-19(28)11-16(12-20(22)29)34-8-6-33(5-4-27)7-9-34/h2-3,11-12,15,23,25,32,36-37H,4-10,13-14H2,1H3/t15-,23+,25?/m1/s1. The third-order valence-electron chi connectivity index (χ3n) is 7.62. The number of rotatable bonds is 7. The van der Waals surface area contributed by atoms with Crippen LogP contribution in [0.5, 0.6) is 5.75 Å². The van der Waals surface area contributed by atoms with Gasteiger partial charge in [0.25, 0.3) is 12.3 Å². The molecule has 2 aromatic rings. The Balaban J connectivity index is 1.55. The minimum atomic E-state index is -3.50. The van der Waals surface area contributed by atoms with Gasteiger partial charge in [-0.25, -0.2) is 22.0 Å². The molecule has 3 atom stereocenters. The summed E-state index contributed by atoms with van der Waals surface area (Å²) in [4.78, 5) is 5.05. The number of alkyl halides is 3. The molecular weight excluding hydrogens is 511 g/mol. The summed E-state index contributed by atoms with van der Waals surface area (Å²) < 4.78 is 78.7. The summed E-state index contributed by atoms with van der Waals surface area (Å²) in [6.45, 7) is 1.24. The highest BCUT2D eigenvalue weighted by molar-refractivity contribution is 5.67. The first-order chi connectivity index (χ1) is 18.1. The summed E-state index contributed by atoms with van der Waals surface area (Å²) in [5.74, 6) is -4.94. The van der Waals surface area contributed by atoms with Crippen molar-refractivity contribution in [2.24, 2.45) is 0 Å². The topological polar surface area (TPSA) is 71.4 Å². The van der Waals surface area contributed by atoms with Crippen molar-refractivity contribution in [2.45, 2.75) is 37.8 Å². The van der Waals surface area contributed by atoms with Gasteiger partial charge in [0.1, 0.15) is 24.9 Å². The lowest BCUT2D eigenvalue weighted by Crippen LogP contribution is -2.49. The molecule has 2 aromatic carbocycles. The number of nitrogens with zero attached hydrogens (tertiary/aromatic N) is 3. The molecule has 3 aliphatic rings. The molecule has 12 heteroatoms. The summed E-state index contributed by atoms with van der Waals surface area (Å²) in [5, 5.41) is 21.9. The highest BCUT2D eigenvalue weighted by Crippen LogP contribution is 2.48. The number of ether oxygens (including phenoxy) is 1. The van der Waals surface area contributed by atoms with Crippen molar-refractivity contribution >= 4 is 11.4 Å². The number of hydrogen-bond acceptors (Lipinski definition) is 7. The predicted octanol–water partition coefficient (Wildman–Crippen LogP) is 3.10. The summed E-state index contributed by atoms with van der Waals surface area (Å²) in [5.41, 5.74) is 1.40. The van der Waals surface area contributed by atoms with E-state index in [1.165, 1.54) is 17.0 Å². The number of piperazine rings is 1.